The second kappa shape index (κ2) is 15.1. The number of anilines is 4. The molecule has 238 valence electrons. The van der Waals surface area contributed by atoms with E-state index in [2.05, 4.69) is 27.8 Å². The minimum absolute atomic E-state index is 0.0616. The van der Waals surface area contributed by atoms with Gasteiger partial charge < -0.3 is 34.9 Å². The number of nitrogens with one attached hydrogen (secondary N) is 4. The third-order valence-corrected chi connectivity index (χ3v) is 6.75. The lowest BCUT2D eigenvalue weighted by Gasteiger charge is -2.08. The zero-order valence-electron chi connectivity index (χ0n) is 25.3. The van der Waals surface area contributed by atoms with Gasteiger partial charge in [-0.25, -0.2) is 4.79 Å². The molecule has 5 N–H and O–H groups in total. The molecule has 2 aromatic heterocycles. The van der Waals surface area contributed by atoms with Crippen molar-refractivity contribution in [2.45, 2.75) is 19.3 Å². The van der Waals surface area contributed by atoms with Crippen LogP contribution in [-0.2, 0) is 28.4 Å². The van der Waals surface area contributed by atoms with Crippen LogP contribution in [0.5, 0.6) is 0 Å². The van der Waals surface area contributed by atoms with Gasteiger partial charge in [0.15, 0.2) is 0 Å². The maximum absolute atomic E-state index is 13.0. The second-order valence-electron chi connectivity index (χ2n) is 10.3. The van der Waals surface area contributed by atoms with E-state index in [4.69, 9.17) is 9.84 Å². The average molecular weight is 627 g/mol. The monoisotopic (exact) mass is 626 g/mol. The molecule has 2 heterocycles. The Balaban J connectivity index is 1.34. The van der Waals surface area contributed by atoms with E-state index in [9.17, 15) is 24.0 Å². The van der Waals surface area contributed by atoms with Crippen LogP contribution in [0.4, 0.5) is 27.5 Å². The van der Waals surface area contributed by atoms with Crippen molar-refractivity contribution in [1.82, 2.24) is 9.13 Å². The Morgan fingerprint density at radius 3 is 1.85 bits per heavy atom. The number of hydrogen-bond acceptors (Lipinski definition) is 6. The van der Waals surface area contributed by atoms with E-state index in [-0.39, 0.29) is 43.6 Å². The van der Waals surface area contributed by atoms with E-state index in [1.54, 1.807) is 78.0 Å². The maximum Gasteiger partial charge on any atom is 0.411 e. The van der Waals surface area contributed by atoms with E-state index in [0.717, 1.165) is 11.1 Å². The normalized spacial score (nSPS) is 10.5. The largest absolute Gasteiger partial charge is 0.481 e. The lowest BCUT2D eigenvalue weighted by molar-refractivity contribution is -0.137. The van der Waals surface area contributed by atoms with Crippen molar-refractivity contribution in [3.05, 3.63) is 97.1 Å². The van der Waals surface area contributed by atoms with Crippen molar-refractivity contribution in [3.8, 4) is 11.1 Å². The number of nitrogens with zero attached hydrogens (tertiary/aromatic N) is 2. The summed E-state index contributed by atoms with van der Waals surface area (Å²) in [4.78, 5) is 60.3. The number of aryl methyl sites for hydroxylation is 2. The SMILES string of the molecule is C=CCOC(=O)Nc1ccc(NC(=O)c2cc(-c3ccc(NC(=O)c4cc(NC(=O)CCCC(=O)O)cn4C)cc3)cn2C)cc1. The van der Waals surface area contributed by atoms with Gasteiger partial charge in [-0.05, 0) is 60.5 Å². The Bertz CT molecular complexity index is 1750. The van der Waals surface area contributed by atoms with Gasteiger partial charge in [0.05, 0.1) is 5.69 Å². The summed E-state index contributed by atoms with van der Waals surface area (Å²) in [6.07, 6.45) is 4.48. The summed E-state index contributed by atoms with van der Waals surface area (Å²) in [6, 6.07) is 17.1. The van der Waals surface area contributed by atoms with E-state index in [1.165, 1.54) is 6.08 Å². The molecule has 46 heavy (non-hydrogen) atoms. The predicted molar refractivity (Wildman–Crippen MR) is 174 cm³/mol. The molecule has 0 bridgehead atoms. The van der Waals surface area contributed by atoms with Crippen molar-refractivity contribution in [1.29, 1.82) is 0 Å². The number of aromatic nitrogens is 2. The molecule has 0 unspecified atom stereocenters. The fraction of sp³-hybridized carbons (Fsp3) is 0.182. The smallest absolute Gasteiger partial charge is 0.411 e. The zero-order valence-corrected chi connectivity index (χ0v) is 25.3. The summed E-state index contributed by atoms with van der Waals surface area (Å²) in [5.41, 5.74) is 4.42. The molecule has 13 heteroatoms. The summed E-state index contributed by atoms with van der Waals surface area (Å²) >= 11 is 0. The average Bonchev–Trinajstić information content (AvgIpc) is 3.59. The Hall–Kier alpha value is -6.11. The molecule has 0 spiro atoms. The third-order valence-electron chi connectivity index (χ3n) is 6.75. The standard InChI is InChI=1S/C33H34N6O7/c1-4-16-46-33(45)37-25-14-12-24(13-15-25)36-31(43)27-17-22(19-38(27)2)21-8-10-23(11-9-21)35-32(44)28-18-26(20-39(28)3)34-29(40)6-5-7-30(41)42/h4,8-15,17-20H,1,5-7,16H2,2-3H3,(H,34,40)(H,35,44)(H,36,43)(H,37,45)(H,41,42). The van der Waals surface area contributed by atoms with Crippen LogP contribution >= 0.6 is 0 Å². The summed E-state index contributed by atoms with van der Waals surface area (Å²) < 4.78 is 8.18. The highest BCUT2D eigenvalue weighted by Gasteiger charge is 2.16. The molecule has 0 radical (unpaired) electrons. The van der Waals surface area contributed by atoms with Gasteiger partial charge in [0.25, 0.3) is 11.8 Å². The Labute approximate surface area is 264 Å². The summed E-state index contributed by atoms with van der Waals surface area (Å²) in [6.45, 7) is 3.58. The first-order valence-corrected chi connectivity index (χ1v) is 14.2. The van der Waals surface area contributed by atoms with Gasteiger partial charge in [0.1, 0.15) is 18.0 Å². The molecule has 13 nitrogen and oxygen atoms in total. The van der Waals surface area contributed by atoms with Crippen LogP contribution in [0.3, 0.4) is 0 Å². The Morgan fingerprint density at radius 1 is 0.717 bits per heavy atom. The van der Waals surface area contributed by atoms with E-state index >= 15 is 0 Å². The molecule has 4 rings (SSSR count). The molecule has 0 fully saturated rings. The van der Waals surface area contributed by atoms with Gasteiger partial charge in [-0.1, -0.05) is 24.8 Å². The van der Waals surface area contributed by atoms with E-state index in [1.807, 2.05) is 18.3 Å². The Kier molecular flexibility index (Phi) is 10.7. The van der Waals surface area contributed by atoms with Crippen LogP contribution in [0.15, 0.2) is 85.7 Å². The summed E-state index contributed by atoms with van der Waals surface area (Å²) in [5.74, 6) is -1.99. The minimum atomic E-state index is -0.962. The molecule has 0 aliphatic rings. The van der Waals surface area contributed by atoms with Crippen LogP contribution in [-0.4, -0.2) is 50.6 Å². The maximum atomic E-state index is 13.0. The highest BCUT2D eigenvalue weighted by Crippen LogP contribution is 2.25. The lowest BCUT2D eigenvalue weighted by atomic mass is 10.1. The third kappa shape index (κ3) is 8.95. The van der Waals surface area contributed by atoms with Crippen LogP contribution in [0.1, 0.15) is 40.2 Å². The molecule has 0 aliphatic carbocycles. The number of carboxylic acid groups (broad SMARTS) is 1. The van der Waals surface area contributed by atoms with Crippen LogP contribution < -0.4 is 21.3 Å². The van der Waals surface area contributed by atoms with Gasteiger partial charge >= 0.3 is 12.1 Å². The fourth-order valence-corrected chi connectivity index (χ4v) is 4.49. The molecular formula is C33H34N6O7. The highest BCUT2D eigenvalue weighted by atomic mass is 16.5. The summed E-state index contributed by atoms with van der Waals surface area (Å²) in [7, 11) is 3.44. The zero-order chi connectivity index (χ0) is 33.2. The van der Waals surface area contributed by atoms with Gasteiger partial charge in [-0.2, -0.15) is 0 Å². The molecule has 0 saturated heterocycles. The number of hydrogen-bond donors (Lipinski definition) is 5. The number of carboxylic acids is 1. The number of rotatable bonds is 13. The fourth-order valence-electron chi connectivity index (χ4n) is 4.49. The molecule has 0 saturated carbocycles. The van der Waals surface area contributed by atoms with Crippen LogP contribution in [0.25, 0.3) is 11.1 Å². The molecule has 4 amide bonds. The minimum Gasteiger partial charge on any atom is -0.481 e. The van der Waals surface area contributed by atoms with Gasteiger partial charge in [0.2, 0.25) is 5.91 Å². The molecule has 0 aliphatic heterocycles. The molecule has 2 aromatic carbocycles. The summed E-state index contributed by atoms with van der Waals surface area (Å²) in [5, 5.41) is 19.7. The number of carbonyl (C=O) groups excluding carboxylic acids is 4. The molecule has 0 atom stereocenters. The molecular weight excluding hydrogens is 592 g/mol. The first-order valence-electron chi connectivity index (χ1n) is 14.2. The van der Waals surface area contributed by atoms with Crippen molar-refractivity contribution >= 4 is 52.5 Å². The first kappa shape index (κ1) is 32.8. The number of amides is 4. The number of benzene rings is 2. The van der Waals surface area contributed by atoms with Crippen molar-refractivity contribution < 1.29 is 33.8 Å². The van der Waals surface area contributed by atoms with E-state index < -0.39 is 12.1 Å². The van der Waals surface area contributed by atoms with Crippen LogP contribution in [0, 0.1) is 0 Å². The quantitative estimate of drug-likeness (QED) is 0.123. The lowest BCUT2D eigenvalue weighted by Crippen LogP contribution is -2.16. The van der Waals surface area contributed by atoms with Crippen molar-refractivity contribution in [2.75, 3.05) is 27.9 Å². The van der Waals surface area contributed by atoms with Gasteiger partial charge in [-0.3, -0.25) is 24.5 Å². The van der Waals surface area contributed by atoms with Gasteiger partial charge in [0, 0.05) is 62.0 Å². The highest BCUT2D eigenvalue weighted by molar-refractivity contribution is 6.05. The predicted octanol–water partition coefficient (Wildman–Crippen LogP) is 5.46. The van der Waals surface area contributed by atoms with Crippen LogP contribution in [0.2, 0.25) is 0 Å². The topological polar surface area (TPSA) is 173 Å². The first-order chi connectivity index (χ1) is 22.0. The van der Waals surface area contributed by atoms with Crippen molar-refractivity contribution in [2.24, 2.45) is 14.1 Å². The Morgan fingerprint density at radius 2 is 1.26 bits per heavy atom. The number of aliphatic carboxylic acids is 1. The molecule has 4 aromatic rings. The number of ether oxygens (including phenoxy) is 1. The van der Waals surface area contributed by atoms with Gasteiger partial charge in [-0.15, -0.1) is 0 Å². The van der Waals surface area contributed by atoms with Crippen molar-refractivity contribution in [3.63, 3.8) is 0 Å². The second-order valence-corrected chi connectivity index (χ2v) is 10.3. The van der Waals surface area contributed by atoms with E-state index in [0.29, 0.717) is 34.1 Å². The number of carbonyl (C=O) groups is 5.